The van der Waals surface area contributed by atoms with Crippen LogP contribution >= 0.6 is 11.8 Å². The zero-order valence-electron chi connectivity index (χ0n) is 15.9. The van der Waals surface area contributed by atoms with Crippen molar-refractivity contribution in [1.29, 1.82) is 5.26 Å². The van der Waals surface area contributed by atoms with Gasteiger partial charge in [-0.15, -0.1) is 10.2 Å². The maximum absolute atomic E-state index is 12.1. The highest BCUT2D eigenvalue weighted by Crippen LogP contribution is 2.27. The highest BCUT2D eigenvalue weighted by molar-refractivity contribution is 7.99. The van der Waals surface area contributed by atoms with Crippen LogP contribution in [0.5, 0.6) is 0 Å². The van der Waals surface area contributed by atoms with Crippen LogP contribution in [0.1, 0.15) is 31.9 Å². The van der Waals surface area contributed by atoms with Gasteiger partial charge in [-0.3, -0.25) is 4.79 Å². The normalized spacial score (nSPS) is 11.1. The van der Waals surface area contributed by atoms with Crippen LogP contribution in [0.15, 0.2) is 58.2 Å². The molecule has 0 fully saturated rings. The van der Waals surface area contributed by atoms with E-state index in [0.29, 0.717) is 22.4 Å². The molecule has 142 valence electrons. The lowest BCUT2D eigenvalue weighted by molar-refractivity contribution is -0.113. The first-order chi connectivity index (χ1) is 13.4. The second-order valence-electron chi connectivity index (χ2n) is 7.19. The van der Waals surface area contributed by atoms with Gasteiger partial charge in [0.2, 0.25) is 11.8 Å². The van der Waals surface area contributed by atoms with Crippen LogP contribution in [0.25, 0.3) is 11.5 Å². The minimum atomic E-state index is -0.248. The highest BCUT2D eigenvalue weighted by Gasteiger charge is 2.15. The molecule has 0 aliphatic heterocycles. The van der Waals surface area contributed by atoms with Gasteiger partial charge in [0.05, 0.1) is 17.0 Å². The molecular weight excluding hydrogens is 372 g/mol. The Balaban J connectivity index is 1.60. The van der Waals surface area contributed by atoms with Crippen molar-refractivity contribution >= 4 is 23.4 Å². The van der Waals surface area contributed by atoms with E-state index in [1.54, 1.807) is 24.3 Å². The maximum Gasteiger partial charge on any atom is 0.277 e. The number of benzene rings is 2. The number of amides is 1. The zero-order valence-corrected chi connectivity index (χ0v) is 16.7. The van der Waals surface area contributed by atoms with Crippen molar-refractivity contribution in [2.24, 2.45) is 0 Å². The van der Waals surface area contributed by atoms with E-state index in [-0.39, 0.29) is 17.1 Å². The highest BCUT2D eigenvalue weighted by atomic mass is 32.2. The summed E-state index contributed by atoms with van der Waals surface area (Å²) in [6, 6.07) is 16.9. The van der Waals surface area contributed by atoms with Gasteiger partial charge in [0.15, 0.2) is 0 Å². The molecule has 7 heteroatoms. The lowest BCUT2D eigenvalue weighted by Gasteiger charge is -2.18. The lowest BCUT2D eigenvalue weighted by atomic mass is 9.87. The molecular formula is C21H20N4O2S. The summed E-state index contributed by atoms with van der Waals surface area (Å²) in [6.07, 6.45) is 0. The molecule has 1 amide bonds. The number of para-hydroxylation sites is 1. The second-order valence-corrected chi connectivity index (χ2v) is 8.12. The number of aromatic nitrogens is 2. The van der Waals surface area contributed by atoms with Crippen LogP contribution < -0.4 is 5.32 Å². The Morgan fingerprint density at radius 1 is 1.14 bits per heavy atom. The summed E-state index contributed by atoms with van der Waals surface area (Å²) in [5, 5.41) is 20.2. The number of rotatable bonds is 5. The molecule has 0 unspecified atom stereocenters. The third-order valence-electron chi connectivity index (χ3n) is 4.05. The van der Waals surface area contributed by atoms with Crippen LogP contribution in [-0.4, -0.2) is 21.9 Å². The van der Waals surface area contributed by atoms with Gasteiger partial charge in [0.25, 0.3) is 5.22 Å². The first kappa shape index (κ1) is 19.6. The Labute approximate surface area is 168 Å². The fourth-order valence-electron chi connectivity index (χ4n) is 2.50. The number of hydrogen-bond acceptors (Lipinski definition) is 6. The Hall–Kier alpha value is -3.11. The molecule has 2 aromatic carbocycles. The minimum absolute atomic E-state index is 0.0753. The van der Waals surface area contributed by atoms with E-state index in [2.05, 4.69) is 36.3 Å². The third kappa shape index (κ3) is 4.78. The lowest BCUT2D eigenvalue weighted by Crippen LogP contribution is -2.14. The average molecular weight is 392 g/mol. The fraction of sp³-hybridized carbons (Fsp3) is 0.238. The number of nitrogens with one attached hydrogen (secondary N) is 1. The molecule has 3 rings (SSSR count). The molecule has 0 saturated heterocycles. The Bertz CT molecular complexity index is 1010. The molecule has 0 radical (unpaired) electrons. The average Bonchev–Trinajstić information content (AvgIpc) is 3.15. The largest absolute Gasteiger partial charge is 0.411 e. The molecule has 1 heterocycles. The number of anilines is 1. The summed E-state index contributed by atoms with van der Waals surface area (Å²) in [6.45, 7) is 6.47. The van der Waals surface area contributed by atoms with E-state index in [4.69, 9.17) is 9.68 Å². The smallest absolute Gasteiger partial charge is 0.277 e. The Morgan fingerprint density at radius 3 is 2.54 bits per heavy atom. The van der Waals surface area contributed by atoms with Gasteiger partial charge in [-0.25, -0.2) is 0 Å². The molecule has 1 aromatic heterocycles. The van der Waals surface area contributed by atoms with Crippen LogP contribution in [-0.2, 0) is 10.2 Å². The summed E-state index contributed by atoms with van der Waals surface area (Å²) < 4.78 is 5.65. The number of nitriles is 1. The SMILES string of the molecule is CC(C)(C)c1ccc(-c2nnc(SCC(=O)Nc3ccccc3C#N)o2)cc1. The maximum atomic E-state index is 12.1. The van der Waals surface area contributed by atoms with Crippen LogP contribution in [0, 0.1) is 11.3 Å². The quantitative estimate of drug-likeness (QED) is 0.636. The molecule has 1 N–H and O–H groups in total. The van der Waals surface area contributed by atoms with Gasteiger partial charge in [0, 0.05) is 5.56 Å². The van der Waals surface area contributed by atoms with E-state index in [9.17, 15) is 4.79 Å². The van der Waals surface area contributed by atoms with Gasteiger partial charge >= 0.3 is 0 Å². The molecule has 28 heavy (non-hydrogen) atoms. The van der Waals surface area contributed by atoms with Gasteiger partial charge in [-0.05, 0) is 35.2 Å². The van der Waals surface area contributed by atoms with Crippen LogP contribution in [0.2, 0.25) is 0 Å². The van der Waals surface area contributed by atoms with Crippen molar-refractivity contribution < 1.29 is 9.21 Å². The number of thioether (sulfide) groups is 1. The molecule has 0 atom stereocenters. The fourth-order valence-corrected chi connectivity index (χ4v) is 3.06. The summed E-state index contributed by atoms with van der Waals surface area (Å²) in [5.41, 5.74) is 3.03. The summed E-state index contributed by atoms with van der Waals surface area (Å²) >= 11 is 1.15. The van der Waals surface area contributed by atoms with E-state index in [1.807, 2.05) is 30.3 Å². The molecule has 0 aliphatic rings. The van der Waals surface area contributed by atoms with E-state index >= 15 is 0 Å². The van der Waals surface area contributed by atoms with Gasteiger partial charge in [0.1, 0.15) is 6.07 Å². The zero-order chi connectivity index (χ0) is 20.1. The number of nitrogens with zero attached hydrogens (tertiary/aromatic N) is 3. The number of hydrogen-bond donors (Lipinski definition) is 1. The van der Waals surface area contributed by atoms with E-state index in [1.165, 1.54) is 5.56 Å². The number of carbonyl (C=O) groups excluding carboxylic acids is 1. The van der Waals surface area contributed by atoms with Crippen molar-refractivity contribution in [2.75, 3.05) is 11.1 Å². The van der Waals surface area contributed by atoms with Crippen molar-refractivity contribution in [3.63, 3.8) is 0 Å². The Kier molecular flexibility index (Phi) is 5.81. The second kappa shape index (κ2) is 8.28. The number of carbonyl (C=O) groups is 1. The molecule has 0 spiro atoms. The van der Waals surface area contributed by atoms with Gasteiger partial charge in [-0.2, -0.15) is 5.26 Å². The molecule has 3 aromatic rings. The van der Waals surface area contributed by atoms with Crippen molar-refractivity contribution in [1.82, 2.24) is 10.2 Å². The monoisotopic (exact) mass is 392 g/mol. The van der Waals surface area contributed by atoms with Gasteiger partial charge < -0.3 is 9.73 Å². The minimum Gasteiger partial charge on any atom is -0.411 e. The van der Waals surface area contributed by atoms with E-state index < -0.39 is 0 Å². The predicted octanol–water partition coefficient (Wildman–Crippen LogP) is 4.64. The van der Waals surface area contributed by atoms with Crippen molar-refractivity contribution in [3.05, 3.63) is 59.7 Å². The Morgan fingerprint density at radius 2 is 1.86 bits per heavy atom. The van der Waals surface area contributed by atoms with Crippen LogP contribution in [0.4, 0.5) is 5.69 Å². The molecule has 0 saturated carbocycles. The summed E-state index contributed by atoms with van der Waals surface area (Å²) in [7, 11) is 0. The standard InChI is InChI=1S/C21H20N4O2S/c1-21(2,3)16-10-8-14(9-11-16)19-24-25-20(27-19)28-13-18(26)23-17-7-5-4-6-15(17)12-22/h4-11H,13H2,1-3H3,(H,23,26). The predicted molar refractivity (Wildman–Crippen MR) is 109 cm³/mol. The third-order valence-corrected chi connectivity index (χ3v) is 4.87. The molecule has 0 bridgehead atoms. The first-order valence-electron chi connectivity index (χ1n) is 8.73. The molecule has 0 aliphatic carbocycles. The summed E-state index contributed by atoms with van der Waals surface area (Å²) in [4.78, 5) is 12.1. The van der Waals surface area contributed by atoms with Crippen LogP contribution in [0.3, 0.4) is 0 Å². The van der Waals surface area contributed by atoms with Crippen molar-refractivity contribution in [3.8, 4) is 17.5 Å². The summed E-state index contributed by atoms with van der Waals surface area (Å²) in [5.74, 6) is 0.268. The van der Waals surface area contributed by atoms with Gasteiger partial charge in [-0.1, -0.05) is 56.8 Å². The van der Waals surface area contributed by atoms with E-state index in [0.717, 1.165) is 17.3 Å². The molecule has 6 nitrogen and oxygen atoms in total. The first-order valence-corrected chi connectivity index (χ1v) is 9.71. The van der Waals surface area contributed by atoms with Crippen molar-refractivity contribution in [2.45, 2.75) is 31.4 Å². The topological polar surface area (TPSA) is 91.8 Å².